The number of nitrogens with zero attached hydrogens (tertiary/aromatic N) is 3. The zero-order valence-electron chi connectivity index (χ0n) is 18.0. The summed E-state index contributed by atoms with van der Waals surface area (Å²) in [4.78, 5) is 24.7. The Bertz CT molecular complexity index is 1190. The van der Waals surface area contributed by atoms with E-state index in [1.54, 1.807) is 27.4 Å². The lowest BCUT2D eigenvalue weighted by atomic mass is 9.96. The van der Waals surface area contributed by atoms with Crippen LogP contribution in [0, 0.1) is 12.3 Å². The second-order valence-corrected chi connectivity index (χ2v) is 8.27. The Morgan fingerprint density at radius 1 is 1.09 bits per heavy atom. The standard InChI is InChI=1S/C26H27N3O3/c1-2-3-13-24-27-29(21-9-5-4-6-10-21)26(32)28(24)18-19-14-16-20(17-15-19)22-11-7-8-12-23(22)25(30)31/h1,7-8,11-12,14-17,21H,3-6,9-10,13,18H2,(H,30,31). The first-order valence-electron chi connectivity index (χ1n) is 11.1. The molecule has 32 heavy (non-hydrogen) atoms. The Labute approximate surface area is 187 Å². The van der Waals surface area contributed by atoms with Gasteiger partial charge in [0.1, 0.15) is 5.82 Å². The molecule has 6 nitrogen and oxygen atoms in total. The van der Waals surface area contributed by atoms with Crippen LogP contribution in [-0.4, -0.2) is 25.4 Å². The molecule has 0 atom stereocenters. The summed E-state index contributed by atoms with van der Waals surface area (Å²) in [5, 5.41) is 14.1. The van der Waals surface area contributed by atoms with Gasteiger partial charge in [-0.25, -0.2) is 14.3 Å². The Kier molecular flexibility index (Phi) is 6.55. The van der Waals surface area contributed by atoms with Gasteiger partial charge in [0.15, 0.2) is 0 Å². The third-order valence-electron chi connectivity index (χ3n) is 6.14. The molecule has 0 spiro atoms. The number of hydrogen-bond acceptors (Lipinski definition) is 3. The van der Waals surface area contributed by atoms with Crippen molar-refractivity contribution in [1.29, 1.82) is 0 Å². The first-order valence-corrected chi connectivity index (χ1v) is 11.1. The minimum absolute atomic E-state index is 0.0794. The third-order valence-corrected chi connectivity index (χ3v) is 6.14. The first-order chi connectivity index (χ1) is 15.6. The predicted octanol–water partition coefficient (Wildman–Crippen LogP) is 4.53. The van der Waals surface area contributed by atoms with E-state index in [0.717, 1.165) is 42.6 Å². The summed E-state index contributed by atoms with van der Waals surface area (Å²) in [6, 6.07) is 14.8. The molecule has 1 heterocycles. The molecule has 6 heteroatoms. The molecule has 2 aromatic carbocycles. The van der Waals surface area contributed by atoms with Crippen molar-refractivity contribution >= 4 is 5.97 Å². The number of aromatic nitrogens is 3. The normalized spacial score (nSPS) is 14.2. The lowest BCUT2D eigenvalue weighted by Gasteiger charge is -2.20. The zero-order valence-corrected chi connectivity index (χ0v) is 18.0. The Morgan fingerprint density at radius 2 is 1.81 bits per heavy atom. The number of terminal acetylenes is 1. The Balaban J connectivity index is 1.62. The predicted molar refractivity (Wildman–Crippen MR) is 124 cm³/mol. The van der Waals surface area contributed by atoms with Crippen molar-refractivity contribution in [3.05, 3.63) is 76.0 Å². The number of aryl methyl sites for hydroxylation is 1. The van der Waals surface area contributed by atoms with Crippen LogP contribution < -0.4 is 5.69 Å². The lowest BCUT2D eigenvalue weighted by Crippen LogP contribution is -2.30. The minimum atomic E-state index is -0.954. The molecule has 1 fully saturated rings. The molecule has 1 N–H and O–H groups in total. The molecular weight excluding hydrogens is 402 g/mol. The zero-order chi connectivity index (χ0) is 22.5. The lowest BCUT2D eigenvalue weighted by molar-refractivity contribution is 0.0697. The molecule has 1 saturated carbocycles. The highest BCUT2D eigenvalue weighted by Crippen LogP contribution is 2.27. The van der Waals surface area contributed by atoms with Gasteiger partial charge in [0.25, 0.3) is 0 Å². The smallest absolute Gasteiger partial charge is 0.346 e. The van der Waals surface area contributed by atoms with Gasteiger partial charge in [0.05, 0.1) is 18.2 Å². The summed E-state index contributed by atoms with van der Waals surface area (Å²) in [7, 11) is 0. The number of rotatable bonds is 7. The van der Waals surface area contributed by atoms with E-state index in [9.17, 15) is 14.7 Å². The average Bonchev–Trinajstić information content (AvgIpc) is 3.14. The van der Waals surface area contributed by atoms with Gasteiger partial charge < -0.3 is 5.11 Å². The molecule has 0 aliphatic heterocycles. The van der Waals surface area contributed by atoms with Crippen molar-refractivity contribution in [2.24, 2.45) is 0 Å². The van der Waals surface area contributed by atoms with Gasteiger partial charge in [0, 0.05) is 12.8 Å². The molecule has 1 aliphatic rings. The Morgan fingerprint density at radius 3 is 2.50 bits per heavy atom. The maximum atomic E-state index is 13.2. The van der Waals surface area contributed by atoms with Crippen LogP contribution in [0.3, 0.4) is 0 Å². The molecule has 0 amide bonds. The van der Waals surface area contributed by atoms with E-state index in [-0.39, 0.29) is 17.3 Å². The average molecular weight is 430 g/mol. The summed E-state index contributed by atoms with van der Waals surface area (Å²) in [5.74, 6) is 2.41. The van der Waals surface area contributed by atoms with Crippen molar-refractivity contribution < 1.29 is 9.90 Å². The molecule has 3 aromatic rings. The fourth-order valence-electron chi connectivity index (χ4n) is 4.44. The van der Waals surface area contributed by atoms with E-state index in [1.807, 2.05) is 30.3 Å². The monoisotopic (exact) mass is 429 g/mol. The van der Waals surface area contributed by atoms with Crippen LogP contribution in [0.4, 0.5) is 0 Å². The second-order valence-electron chi connectivity index (χ2n) is 8.27. The largest absolute Gasteiger partial charge is 0.478 e. The van der Waals surface area contributed by atoms with Crippen molar-refractivity contribution in [3.63, 3.8) is 0 Å². The van der Waals surface area contributed by atoms with Gasteiger partial charge in [-0.2, -0.15) is 5.10 Å². The SMILES string of the molecule is C#CCCc1nn(C2CCCCC2)c(=O)n1Cc1ccc(-c2ccccc2C(=O)O)cc1. The van der Waals surface area contributed by atoms with Crippen LogP contribution in [0.1, 0.15) is 66.3 Å². The van der Waals surface area contributed by atoms with Gasteiger partial charge in [-0.15, -0.1) is 12.3 Å². The van der Waals surface area contributed by atoms with Crippen molar-refractivity contribution in [2.75, 3.05) is 0 Å². The van der Waals surface area contributed by atoms with Crippen molar-refractivity contribution in [1.82, 2.24) is 14.3 Å². The van der Waals surface area contributed by atoms with E-state index >= 15 is 0 Å². The summed E-state index contributed by atoms with van der Waals surface area (Å²) >= 11 is 0. The molecule has 164 valence electrons. The topological polar surface area (TPSA) is 77.1 Å². The number of aromatic carboxylic acids is 1. The summed E-state index contributed by atoms with van der Waals surface area (Å²) < 4.78 is 3.40. The van der Waals surface area contributed by atoms with E-state index in [2.05, 4.69) is 11.0 Å². The van der Waals surface area contributed by atoms with Gasteiger partial charge >= 0.3 is 11.7 Å². The van der Waals surface area contributed by atoms with Crippen LogP contribution >= 0.6 is 0 Å². The number of carboxylic acids is 1. The number of benzene rings is 2. The van der Waals surface area contributed by atoms with Gasteiger partial charge in [-0.1, -0.05) is 61.7 Å². The molecule has 4 rings (SSSR count). The minimum Gasteiger partial charge on any atom is -0.478 e. The quantitative estimate of drug-likeness (QED) is 0.560. The Hall–Kier alpha value is -3.59. The number of carbonyl (C=O) groups is 1. The fourth-order valence-corrected chi connectivity index (χ4v) is 4.44. The summed E-state index contributed by atoms with van der Waals surface area (Å²) in [5.41, 5.74) is 2.63. The van der Waals surface area contributed by atoms with Gasteiger partial charge in [-0.05, 0) is 35.6 Å². The summed E-state index contributed by atoms with van der Waals surface area (Å²) in [6.45, 7) is 0.409. The fraction of sp³-hybridized carbons (Fsp3) is 0.346. The van der Waals surface area contributed by atoms with Crippen molar-refractivity contribution in [3.8, 4) is 23.5 Å². The second kappa shape index (κ2) is 9.69. The maximum Gasteiger partial charge on any atom is 0.346 e. The first kappa shape index (κ1) is 21.6. The number of carboxylic acid groups (broad SMARTS) is 1. The highest BCUT2D eigenvalue weighted by atomic mass is 16.4. The molecule has 1 aliphatic carbocycles. The molecule has 0 radical (unpaired) electrons. The van der Waals surface area contributed by atoms with E-state index in [1.165, 1.54) is 6.42 Å². The van der Waals surface area contributed by atoms with E-state index in [4.69, 9.17) is 6.42 Å². The van der Waals surface area contributed by atoms with Crippen LogP contribution in [-0.2, 0) is 13.0 Å². The highest BCUT2D eigenvalue weighted by Gasteiger charge is 2.22. The van der Waals surface area contributed by atoms with E-state index < -0.39 is 5.97 Å². The summed E-state index contributed by atoms with van der Waals surface area (Å²) in [6.07, 6.45) is 12.0. The number of hydrogen-bond donors (Lipinski definition) is 1. The highest BCUT2D eigenvalue weighted by molar-refractivity contribution is 5.95. The molecular formula is C26H27N3O3. The molecule has 0 unspecified atom stereocenters. The van der Waals surface area contributed by atoms with Gasteiger partial charge in [0.2, 0.25) is 0 Å². The van der Waals surface area contributed by atoms with Gasteiger partial charge in [-0.3, -0.25) is 4.57 Å². The van der Waals surface area contributed by atoms with Crippen molar-refractivity contribution in [2.45, 2.75) is 57.5 Å². The maximum absolute atomic E-state index is 13.2. The third kappa shape index (κ3) is 4.52. The molecule has 0 bridgehead atoms. The van der Waals surface area contributed by atoms with Crippen LogP contribution in [0.5, 0.6) is 0 Å². The van der Waals surface area contributed by atoms with E-state index in [0.29, 0.717) is 24.9 Å². The van der Waals surface area contributed by atoms with Crippen LogP contribution in [0.25, 0.3) is 11.1 Å². The van der Waals surface area contributed by atoms with Crippen LogP contribution in [0.2, 0.25) is 0 Å². The van der Waals surface area contributed by atoms with Crippen LogP contribution in [0.15, 0.2) is 53.3 Å². The molecule has 0 saturated heterocycles. The molecule has 1 aromatic heterocycles.